The molecule has 0 N–H and O–H groups in total. The van der Waals surface area contributed by atoms with Crippen molar-refractivity contribution >= 4 is 22.4 Å². The Labute approximate surface area is 153 Å². The first kappa shape index (κ1) is 15.6. The van der Waals surface area contributed by atoms with Gasteiger partial charge in [-0.15, -0.1) is 0 Å². The maximum absolute atomic E-state index is 12.7. The number of ketones is 1. The van der Waals surface area contributed by atoms with Gasteiger partial charge >= 0.3 is 0 Å². The van der Waals surface area contributed by atoms with Crippen LogP contribution in [0, 0.1) is 5.41 Å². The zero-order valence-electron chi connectivity index (χ0n) is 15.2. The molecule has 0 saturated heterocycles. The summed E-state index contributed by atoms with van der Waals surface area (Å²) < 4.78 is 2.42. The summed E-state index contributed by atoms with van der Waals surface area (Å²) in [6.07, 6.45) is 1.95. The Morgan fingerprint density at radius 3 is 2.65 bits per heavy atom. The highest BCUT2D eigenvalue weighted by Gasteiger charge is 2.36. The van der Waals surface area contributed by atoms with E-state index in [-0.39, 0.29) is 17.7 Å². The number of carbonyl (C=O) groups excluding carboxylic acids is 1. The molecule has 130 valence electrons. The van der Waals surface area contributed by atoms with Crippen molar-refractivity contribution in [3.05, 3.63) is 70.9 Å². The second-order valence-corrected chi connectivity index (χ2v) is 8.30. The third kappa shape index (κ3) is 2.27. The lowest BCUT2D eigenvalue weighted by molar-refractivity contribution is 0.100. The summed E-state index contributed by atoms with van der Waals surface area (Å²) in [5.41, 5.74) is 7.12. The van der Waals surface area contributed by atoms with Crippen molar-refractivity contribution in [1.29, 1.82) is 0 Å². The van der Waals surface area contributed by atoms with Crippen LogP contribution in [0.1, 0.15) is 47.4 Å². The van der Waals surface area contributed by atoms with Gasteiger partial charge in [0.05, 0.1) is 0 Å². The van der Waals surface area contributed by atoms with E-state index in [1.54, 1.807) is 0 Å². The molecule has 0 amide bonds. The van der Waals surface area contributed by atoms with Crippen molar-refractivity contribution in [2.24, 2.45) is 10.4 Å². The van der Waals surface area contributed by atoms with Crippen LogP contribution >= 0.6 is 0 Å². The van der Waals surface area contributed by atoms with Crippen molar-refractivity contribution < 1.29 is 4.79 Å². The molecular weight excluding hydrogens is 320 g/mol. The number of hydrogen-bond donors (Lipinski definition) is 0. The summed E-state index contributed by atoms with van der Waals surface area (Å²) in [6.45, 7) is 5.71. The first-order valence-electron chi connectivity index (χ1n) is 9.28. The summed E-state index contributed by atoms with van der Waals surface area (Å²) in [7, 11) is 0. The average molecular weight is 342 g/mol. The monoisotopic (exact) mass is 342 g/mol. The van der Waals surface area contributed by atoms with E-state index in [0.29, 0.717) is 0 Å². The Bertz CT molecular complexity index is 1070. The minimum Gasteiger partial charge on any atom is -0.339 e. The SMILES string of the molecule is CC1(C)CC2=NCC(=O)c3cccc4c3c2c(n4Cc2ccccc2)C1. The normalized spacial score (nSPS) is 17.9. The molecule has 1 aromatic heterocycles. The van der Waals surface area contributed by atoms with Crippen LogP contribution < -0.4 is 0 Å². The van der Waals surface area contributed by atoms with E-state index in [0.717, 1.165) is 41.6 Å². The van der Waals surface area contributed by atoms with Crippen LogP contribution in [0.15, 0.2) is 53.5 Å². The van der Waals surface area contributed by atoms with Gasteiger partial charge < -0.3 is 4.57 Å². The highest BCUT2D eigenvalue weighted by molar-refractivity contribution is 6.22. The lowest BCUT2D eigenvalue weighted by Crippen LogP contribution is -2.28. The summed E-state index contributed by atoms with van der Waals surface area (Å²) in [4.78, 5) is 17.4. The van der Waals surface area contributed by atoms with Crippen LogP contribution in [0.2, 0.25) is 0 Å². The standard InChI is InChI=1S/C23H22N2O/c1-23(2)11-17-22-19(12-23)25(14-15-7-4-3-5-8-15)18-10-6-9-16(21(18)22)20(26)13-24-17/h3-10H,11-14H2,1-2H3. The molecule has 3 aromatic rings. The summed E-state index contributed by atoms with van der Waals surface area (Å²) in [5, 5.41) is 1.12. The van der Waals surface area contributed by atoms with Crippen LogP contribution in [-0.2, 0) is 13.0 Å². The van der Waals surface area contributed by atoms with Crippen LogP contribution in [0.3, 0.4) is 0 Å². The fourth-order valence-electron chi connectivity index (χ4n) is 4.57. The second-order valence-electron chi connectivity index (χ2n) is 8.30. The molecular formula is C23H22N2O. The molecule has 0 spiro atoms. The fraction of sp³-hybridized carbons (Fsp3) is 0.304. The Morgan fingerprint density at radius 2 is 1.85 bits per heavy atom. The molecule has 3 nitrogen and oxygen atoms in total. The van der Waals surface area contributed by atoms with E-state index < -0.39 is 0 Å². The molecule has 1 aliphatic carbocycles. The van der Waals surface area contributed by atoms with E-state index in [4.69, 9.17) is 4.99 Å². The highest BCUT2D eigenvalue weighted by Crippen LogP contribution is 2.42. The van der Waals surface area contributed by atoms with E-state index in [1.807, 2.05) is 12.1 Å². The number of aromatic nitrogens is 1. The molecule has 1 aliphatic heterocycles. The number of Topliss-reactive ketones (excluding diaryl/α,β-unsaturated/α-hetero) is 1. The van der Waals surface area contributed by atoms with E-state index in [9.17, 15) is 4.79 Å². The zero-order chi connectivity index (χ0) is 17.9. The molecule has 2 aromatic carbocycles. The van der Waals surface area contributed by atoms with Crippen LogP contribution in [0.25, 0.3) is 10.9 Å². The summed E-state index contributed by atoms with van der Waals surface area (Å²) >= 11 is 0. The number of hydrogen-bond acceptors (Lipinski definition) is 2. The number of carbonyl (C=O) groups is 1. The molecule has 2 heterocycles. The lowest BCUT2D eigenvalue weighted by atomic mass is 9.75. The largest absolute Gasteiger partial charge is 0.339 e. The zero-order valence-corrected chi connectivity index (χ0v) is 15.2. The van der Waals surface area contributed by atoms with Crippen LogP contribution in [0.4, 0.5) is 0 Å². The number of nitrogens with zero attached hydrogens (tertiary/aromatic N) is 2. The molecule has 26 heavy (non-hydrogen) atoms. The van der Waals surface area contributed by atoms with Gasteiger partial charge in [-0.3, -0.25) is 9.79 Å². The molecule has 3 heteroatoms. The predicted molar refractivity (Wildman–Crippen MR) is 105 cm³/mol. The van der Waals surface area contributed by atoms with Crippen molar-refractivity contribution in [2.75, 3.05) is 6.54 Å². The van der Waals surface area contributed by atoms with Gasteiger partial charge in [0, 0.05) is 40.0 Å². The number of benzene rings is 2. The Kier molecular flexibility index (Phi) is 3.24. The highest BCUT2D eigenvalue weighted by atomic mass is 16.1. The molecule has 5 rings (SSSR count). The summed E-state index contributed by atoms with van der Waals surface area (Å²) in [5.74, 6) is 0.134. The van der Waals surface area contributed by atoms with Gasteiger partial charge in [0.2, 0.25) is 0 Å². The Balaban J connectivity index is 1.84. The minimum atomic E-state index is 0.134. The Hall–Kier alpha value is -2.68. The second kappa shape index (κ2) is 5.41. The number of rotatable bonds is 2. The van der Waals surface area contributed by atoms with E-state index in [1.165, 1.54) is 16.8 Å². The van der Waals surface area contributed by atoms with Gasteiger partial charge in [0.1, 0.15) is 6.54 Å². The maximum atomic E-state index is 12.7. The van der Waals surface area contributed by atoms with Gasteiger partial charge in [0.25, 0.3) is 0 Å². The smallest absolute Gasteiger partial charge is 0.184 e. The average Bonchev–Trinajstić information content (AvgIpc) is 2.84. The molecule has 0 fully saturated rings. The van der Waals surface area contributed by atoms with E-state index >= 15 is 0 Å². The Morgan fingerprint density at radius 1 is 1.04 bits per heavy atom. The van der Waals surface area contributed by atoms with Gasteiger partial charge in [-0.1, -0.05) is 56.3 Å². The molecule has 0 saturated carbocycles. The number of aliphatic imine (C=N–C) groups is 1. The molecule has 0 unspecified atom stereocenters. The van der Waals surface area contributed by atoms with Gasteiger partial charge in [-0.25, -0.2) is 0 Å². The quantitative estimate of drug-likeness (QED) is 0.667. The van der Waals surface area contributed by atoms with E-state index in [2.05, 4.69) is 54.8 Å². The summed E-state index contributed by atoms with van der Waals surface area (Å²) in [6, 6.07) is 16.7. The lowest BCUT2D eigenvalue weighted by Gasteiger charge is -2.32. The van der Waals surface area contributed by atoms with Gasteiger partial charge in [-0.05, 0) is 29.9 Å². The molecule has 2 aliphatic rings. The topological polar surface area (TPSA) is 34.4 Å². The van der Waals surface area contributed by atoms with Crippen molar-refractivity contribution in [2.45, 2.75) is 33.2 Å². The van der Waals surface area contributed by atoms with Crippen LogP contribution in [0.5, 0.6) is 0 Å². The van der Waals surface area contributed by atoms with Crippen LogP contribution in [-0.4, -0.2) is 22.6 Å². The van der Waals surface area contributed by atoms with Crippen molar-refractivity contribution in [3.63, 3.8) is 0 Å². The van der Waals surface area contributed by atoms with Crippen molar-refractivity contribution in [1.82, 2.24) is 4.57 Å². The predicted octanol–water partition coefficient (Wildman–Crippen LogP) is 4.65. The molecule has 0 atom stereocenters. The third-order valence-corrected chi connectivity index (χ3v) is 5.68. The molecule has 0 bridgehead atoms. The first-order chi connectivity index (χ1) is 12.5. The maximum Gasteiger partial charge on any atom is 0.184 e. The van der Waals surface area contributed by atoms with Gasteiger partial charge in [0.15, 0.2) is 5.78 Å². The first-order valence-corrected chi connectivity index (χ1v) is 9.28. The van der Waals surface area contributed by atoms with Crippen molar-refractivity contribution in [3.8, 4) is 0 Å². The van der Waals surface area contributed by atoms with Gasteiger partial charge in [-0.2, -0.15) is 0 Å². The fourth-order valence-corrected chi connectivity index (χ4v) is 4.57. The minimum absolute atomic E-state index is 0.134. The molecule has 0 radical (unpaired) electrons. The third-order valence-electron chi connectivity index (χ3n) is 5.68.